The molecule has 0 saturated carbocycles. The molecule has 154 valence electrons. The summed E-state index contributed by atoms with van der Waals surface area (Å²) in [4.78, 5) is 28.4. The first kappa shape index (κ1) is 19.8. The lowest BCUT2D eigenvalue weighted by Gasteiger charge is -2.09. The standard InChI is InChI=1S/C23H19N5O3/c29-22(27-18-6-8-19(9-7-18)28-14-2-13-26-28)16-25-23(30)17-4-10-20(11-5-17)31-21-3-1-12-24-15-21/h1-15H,16H2,(H,25,30)(H,27,29). The van der Waals surface area contributed by atoms with Crippen LogP contribution in [0.15, 0.2) is 91.5 Å². The summed E-state index contributed by atoms with van der Waals surface area (Å²) in [5, 5.41) is 9.51. The summed E-state index contributed by atoms with van der Waals surface area (Å²) in [6.07, 6.45) is 6.79. The van der Waals surface area contributed by atoms with E-state index in [-0.39, 0.29) is 18.4 Å². The van der Waals surface area contributed by atoms with E-state index >= 15 is 0 Å². The fourth-order valence-electron chi connectivity index (χ4n) is 2.80. The Morgan fingerprint density at radius 1 is 0.903 bits per heavy atom. The van der Waals surface area contributed by atoms with Crippen molar-refractivity contribution in [3.63, 3.8) is 0 Å². The van der Waals surface area contributed by atoms with Gasteiger partial charge in [-0.05, 0) is 66.7 Å². The smallest absolute Gasteiger partial charge is 0.251 e. The second-order valence-corrected chi connectivity index (χ2v) is 6.54. The summed E-state index contributed by atoms with van der Waals surface area (Å²) in [5.74, 6) is 0.517. The van der Waals surface area contributed by atoms with Gasteiger partial charge in [-0.1, -0.05) is 0 Å². The Morgan fingerprint density at radius 2 is 1.71 bits per heavy atom. The number of rotatable bonds is 7. The minimum atomic E-state index is -0.350. The van der Waals surface area contributed by atoms with Gasteiger partial charge >= 0.3 is 0 Å². The van der Waals surface area contributed by atoms with Gasteiger partial charge in [-0.25, -0.2) is 4.68 Å². The molecule has 0 saturated heterocycles. The highest BCUT2D eigenvalue weighted by Gasteiger charge is 2.09. The fraction of sp³-hybridized carbons (Fsp3) is 0.0435. The number of nitrogens with one attached hydrogen (secondary N) is 2. The van der Waals surface area contributed by atoms with Crippen LogP contribution in [-0.4, -0.2) is 33.1 Å². The highest BCUT2D eigenvalue weighted by molar-refractivity contribution is 5.99. The van der Waals surface area contributed by atoms with Crippen molar-refractivity contribution in [1.82, 2.24) is 20.1 Å². The van der Waals surface area contributed by atoms with E-state index in [4.69, 9.17) is 4.74 Å². The number of carbonyl (C=O) groups is 2. The second-order valence-electron chi connectivity index (χ2n) is 6.54. The lowest BCUT2D eigenvalue weighted by Crippen LogP contribution is -2.32. The SMILES string of the molecule is O=C(CNC(=O)c1ccc(Oc2cccnc2)cc1)Nc1ccc(-n2cccn2)cc1. The molecule has 2 heterocycles. The van der Waals surface area contributed by atoms with Gasteiger partial charge in [0.05, 0.1) is 18.4 Å². The van der Waals surface area contributed by atoms with Crippen LogP contribution in [0, 0.1) is 0 Å². The van der Waals surface area contributed by atoms with Gasteiger partial charge in [0.2, 0.25) is 5.91 Å². The molecule has 0 radical (unpaired) electrons. The third-order valence-electron chi connectivity index (χ3n) is 4.32. The summed E-state index contributed by atoms with van der Waals surface area (Å²) >= 11 is 0. The van der Waals surface area contributed by atoms with Gasteiger partial charge < -0.3 is 15.4 Å². The van der Waals surface area contributed by atoms with Gasteiger partial charge in [0, 0.05) is 29.8 Å². The maximum Gasteiger partial charge on any atom is 0.251 e. The largest absolute Gasteiger partial charge is 0.456 e. The van der Waals surface area contributed by atoms with Gasteiger partial charge in [-0.3, -0.25) is 14.6 Å². The van der Waals surface area contributed by atoms with Crippen LogP contribution in [-0.2, 0) is 4.79 Å². The molecule has 0 aliphatic rings. The van der Waals surface area contributed by atoms with E-state index < -0.39 is 0 Å². The number of aromatic nitrogens is 3. The van der Waals surface area contributed by atoms with Gasteiger partial charge in [0.1, 0.15) is 11.5 Å². The third-order valence-corrected chi connectivity index (χ3v) is 4.32. The van der Waals surface area contributed by atoms with E-state index in [2.05, 4.69) is 20.7 Å². The molecule has 8 heteroatoms. The van der Waals surface area contributed by atoms with Crippen molar-refractivity contribution in [2.24, 2.45) is 0 Å². The number of ether oxygens (including phenoxy) is 1. The molecule has 0 aliphatic carbocycles. The van der Waals surface area contributed by atoms with E-state index in [1.165, 1.54) is 0 Å². The number of amides is 2. The van der Waals surface area contributed by atoms with Crippen molar-refractivity contribution < 1.29 is 14.3 Å². The molecule has 4 rings (SSSR count). The Balaban J connectivity index is 1.26. The molecular weight excluding hydrogens is 394 g/mol. The molecule has 4 aromatic rings. The first-order valence-electron chi connectivity index (χ1n) is 9.53. The van der Waals surface area contributed by atoms with Crippen LogP contribution in [0.3, 0.4) is 0 Å². The summed E-state index contributed by atoms with van der Waals surface area (Å²) in [5.41, 5.74) is 1.94. The predicted octanol–water partition coefficient (Wildman–Crippen LogP) is 3.43. The normalized spacial score (nSPS) is 10.3. The number of nitrogens with zero attached hydrogens (tertiary/aromatic N) is 3. The molecule has 8 nitrogen and oxygen atoms in total. The Kier molecular flexibility index (Phi) is 5.99. The maximum atomic E-state index is 12.3. The van der Waals surface area contributed by atoms with E-state index in [1.807, 2.05) is 24.4 Å². The van der Waals surface area contributed by atoms with E-state index in [9.17, 15) is 9.59 Å². The summed E-state index contributed by atoms with van der Waals surface area (Å²) in [7, 11) is 0. The number of hydrogen-bond donors (Lipinski definition) is 2. The zero-order chi connectivity index (χ0) is 21.5. The molecule has 0 atom stereocenters. The zero-order valence-corrected chi connectivity index (χ0v) is 16.4. The van der Waals surface area contributed by atoms with Gasteiger partial charge in [0.15, 0.2) is 0 Å². The quantitative estimate of drug-likeness (QED) is 0.484. The fourth-order valence-corrected chi connectivity index (χ4v) is 2.80. The van der Waals surface area contributed by atoms with Crippen LogP contribution in [0.5, 0.6) is 11.5 Å². The van der Waals surface area contributed by atoms with Gasteiger partial charge in [-0.15, -0.1) is 0 Å². The van der Waals surface area contributed by atoms with Gasteiger partial charge in [-0.2, -0.15) is 5.10 Å². The number of anilines is 1. The molecule has 31 heavy (non-hydrogen) atoms. The molecule has 2 aromatic heterocycles. The van der Waals surface area contributed by atoms with Crippen LogP contribution >= 0.6 is 0 Å². The van der Waals surface area contributed by atoms with Crippen LogP contribution in [0.2, 0.25) is 0 Å². The third kappa shape index (κ3) is 5.33. The highest BCUT2D eigenvalue weighted by Crippen LogP contribution is 2.20. The Hall–Kier alpha value is -4.46. The van der Waals surface area contributed by atoms with Gasteiger partial charge in [0.25, 0.3) is 5.91 Å². The molecule has 2 N–H and O–H groups in total. The van der Waals surface area contributed by atoms with Crippen molar-refractivity contribution >= 4 is 17.5 Å². The number of pyridine rings is 1. The minimum Gasteiger partial charge on any atom is -0.456 e. The average molecular weight is 413 g/mol. The topological polar surface area (TPSA) is 98.1 Å². The van der Waals surface area contributed by atoms with Crippen molar-refractivity contribution in [1.29, 1.82) is 0 Å². The Labute approximate surface area is 178 Å². The summed E-state index contributed by atoms with van der Waals surface area (Å²) in [6, 6.07) is 19.3. The molecule has 0 spiro atoms. The van der Waals surface area contributed by atoms with E-state index in [0.717, 1.165) is 5.69 Å². The number of carbonyl (C=O) groups excluding carboxylic acids is 2. The Bertz CT molecular complexity index is 1140. The average Bonchev–Trinajstić information content (AvgIpc) is 3.34. The zero-order valence-electron chi connectivity index (χ0n) is 16.4. The molecule has 2 aromatic carbocycles. The summed E-state index contributed by atoms with van der Waals surface area (Å²) < 4.78 is 7.37. The molecule has 0 fully saturated rings. The molecular formula is C23H19N5O3. The van der Waals surface area contributed by atoms with Crippen LogP contribution < -0.4 is 15.4 Å². The minimum absolute atomic E-state index is 0.145. The van der Waals surface area contributed by atoms with Crippen molar-refractivity contribution in [2.45, 2.75) is 0 Å². The van der Waals surface area contributed by atoms with Crippen LogP contribution in [0.4, 0.5) is 5.69 Å². The summed E-state index contributed by atoms with van der Waals surface area (Å²) in [6.45, 7) is -0.145. The van der Waals surface area contributed by atoms with E-state index in [0.29, 0.717) is 22.7 Å². The first-order chi connectivity index (χ1) is 15.2. The van der Waals surface area contributed by atoms with Crippen LogP contribution in [0.25, 0.3) is 5.69 Å². The first-order valence-corrected chi connectivity index (χ1v) is 9.53. The van der Waals surface area contributed by atoms with Crippen LogP contribution in [0.1, 0.15) is 10.4 Å². The van der Waals surface area contributed by atoms with Crippen molar-refractivity contribution in [2.75, 3.05) is 11.9 Å². The second kappa shape index (κ2) is 9.36. The van der Waals surface area contributed by atoms with E-state index in [1.54, 1.807) is 71.8 Å². The van der Waals surface area contributed by atoms with Crippen molar-refractivity contribution in [3.8, 4) is 17.2 Å². The highest BCUT2D eigenvalue weighted by atomic mass is 16.5. The monoisotopic (exact) mass is 413 g/mol. The molecule has 2 amide bonds. The predicted molar refractivity (Wildman–Crippen MR) is 115 cm³/mol. The Morgan fingerprint density at radius 3 is 2.39 bits per heavy atom. The molecule has 0 unspecified atom stereocenters. The maximum absolute atomic E-state index is 12.3. The number of hydrogen-bond acceptors (Lipinski definition) is 5. The lowest BCUT2D eigenvalue weighted by atomic mass is 10.2. The lowest BCUT2D eigenvalue weighted by molar-refractivity contribution is -0.115. The number of benzene rings is 2. The molecule has 0 bridgehead atoms. The van der Waals surface area contributed by atoms with Crippen molar-refractivity contribution in [3.05, 3.63) is 97.1 Å². The molecule has 0 aliphatic heterocycles.